The van der Waals surface area contributed by atoms with Gasteiger partial charge in [0.2, 0.25) is 11.8 Å². The van der Waals surface area contributed by atoms with Gasteiger partial charge in [0.25, 0.3) is 0 Å². The van der Waals surface area contributed by atoms with Gasteiger partial charge in [-0.3, -0.25) is 9.59 Å². The third kappa shape index (κ3) is 5.01. The van der Waals surface area contributed by atoms with Crippen LogP contribution >= 0.6 is 0 Å². The van der Waals surface area contributed by atoms with E-state index in [1.807, 2.05) is 11.8 Å². The Labute approximate surface area is 159 Å². The van der Waals surface area contributed by atoms with E-state index < -0.39 is 0 Å². The monoisotopic (exact) mass is 362 g/mol. The minimum Gasteiger partial charge on any atom is -0.343 e. The molecule has 26 heavy (non-hydrogen) atoms. The van der Waals surface area contributed by atoms with Gasteiger partial charge >= 0.3 is 0 Å². The highest BCUT2D eigenvalue weighted by Gasteiger charge is 2.31. The van der Waals surface area contributed by atoms with E-state index in [-0.39, 0.29) is 0 Å². The van der Waals surface area contributed by atoms with Gasteiger partial charge in [-0.2, -0.15) is 0 Å². The van der Waals surface area contributed by atoms with E-state index in [1.54, 1.807) is 0 Å². The summed E-state index contributed by atoms with van der Waals surface area (Å²) in [6, 6.07) is 0. The van der Waals surface area contributed by atoms with Crippen molar-refractivity contribution in [1.29, 1.82) is 0 Å². The largest absolute Gasteiger partial charge is 0.343 e. The number of amides is 2. The normalized spacial score (nSPS) is 29.0. The Morgan fingerprint density at radius 2 is 1.27 bits per heavy atom. The maximum atomic E-state index is 12.8. The Morgan fingerprint density at radius 3 is 1.77 bits per heavy atom. The molecule has 148 valence electrons. The van der Waals surface area contributed by atoms with Crippen LogP contribution < -0.4 is 0 Å². The Kier molecular flexibility index (Phi) is 6.99. The molecule has 0 atom stereocenters. The molecule has 2 aliphatic heterocycles. The Bertz CT molecular complexity index is 469. The zero-order valence-electron chi connectivity index (χ0n) is 16.9. The van der Waals surface area contributed by atoms with Crippen molar-refractivity contribution in [2.75, 3.05) is 26.2 Å². The molecule has 1 saturated carbocycles. The zero-order chi connectivity index (χ0) is 18.5. The topological polar surface area (TPSA) is 40.6 Å². The van der Waals surface area contributed by atoms with Crippen molar-refractivity contribution in [3.63, 3.8) is 0 Å². The number of likely N-dealkylation sites (tertiary alicyclic amines) is 2. The number of nitrogens with zero attached hydrogens (tertiary/aromatic N) is 2. The molecule has 0 spiro atoms. The summed E-state index contributed by atoms with van der Waals surface area (Å²) in [5.74, 6) is 3.44. The van der Waals surface area contributed by atoms with Crippen LogP contribution in [0.5, 0.6) is 0 Å². The van der Waals surface area contributed by atoms with Crippen LogP contribution in [-0.2, 0) is 9.59 Å². The van der Waals surface area contributed by atoms with Gasteiger partial charge in [-0.1, -0.05) is 13.8 Å². The number of hydrogen-bond donors (Lipinski definition) is 0. The van der Waals surface area contributed by atoms with Crippen LogP contribution in [0.2, 0.25) is 0 Å². The van der Waals surface area contributed by atoms with Crippen molar-refractivity contribution in [1.82, 2.24) is 9.80 Å². The molecule has 0 aromatic carbocycles. The van der Waals surface area contributed by atoms with Crippen LogP contribution in [-0.4, -0.2) is 47.8 Å². The second kappa shape index (κ2) is 9.23. The van der Waals surface area contributed by atoms with Gasteiger partial charge in [0.1, 0.15) is 0 Å². The molecule has 4 heteroatoms. The molecule has 2 heterocycles. The summed E-state index contributed by atoms with van der Waals surface area (Å²) in [6.07, 6.45) is 11.3. The van der Waals surface area contributed by atoms with Gasteiger partial charge in [0.15, 0.2) is 0 Å². The van der Waals surface area contributed by atoms with Gasteiger partial charge in [0.05, 0.1) is 0 Å². The predicted octanol–water partition coefficient (Wildman–Crippen LogP) is 4.09. The predicted molar refractivity (Wildman–Crippen MR) is 105 cm³/mol. The average molecular weight is 363 g/mol. The maximum Gasteiger partial charge on any atom is 0.225 e. The Morgan fingerprint density at radius 1 is 0.769 bits per heavy atom. The van der Waals surface area contributed by atoms with Crippen LogP contribution in [0.4, 0.5) is 0 Å². The number of piperidine rings is 2. The van der Waals surface area contributed by atoms with E-state index in [4.69, 9.17) is 0 Å². The van der Waals surface area contributed by atoms with Crippen molar-refractivity contribution in [2.24, 2.45) is 23.7 Å². The number of hydrogen-bond acceptors (Lipinski definition) is 2. The number of carbonyl (C=O) groups excluding carboxylic acids is 2. The smallest absolute Gasteiger partial charge is 0.225 e. The molecule has 0 radical (unpaired) electrons. The highest BCUT2D eigenvalue weighted by molar-refractivity contribution is 5.79. The lowest BCUT2D eigenvalue weighted by atomic mass is 9.80. The van der Waals surface area contributed by atoms with Crippen molar-refractivity contribution >= 4 is 11.8 Å². The fraction of sp³-hybridized carbons (Fsp3) is 0.909. The first kappa shape index (κ1) is 19.7. The minimum atomic E-state index is 0.309. The molecule has 3 fully saturated rings. The summed E-state index contributed by atoms with van der Waals surface area (Å²) in [5.41, 5.74) is 0. The molecule has 2 amide bonds. The molecule has 3 aliphatic rings. The summed E-state index contributed by atoms with van der Waals surface area (Å²) < 4.78 is 0. The molecule has 0 aromatic heterocycles. The highest BCUT2D eigenvalue weighted by atomic mass is 16.2. The maximum absolute atomic E-state index is 12.8. The highest BCUT2D eigenvalue weighted by Crippen LogP contribution is 2.33. The van der Waals surface area contributed by atoms with Crippen LogP contribution in [0.1, 0.15) is 78.1 Å². The van der Waals surface area contributed by atoms with Gasteiger partial charge in [0, 0.05) is 38.5 Å². The van der Waals surface area contributed by atoms with Gasteiger partial charge in [-0.15, -0.1) is 0 Å². The van der Waals surface area contributed by atoms with E-state index in [9.17, 15) is 9.59 Å². The van der Waals surface area contributed by atoms with E-state index in [1.165, 1.54) is 44.9 Å². The summed E-state index contributed by atoms with van der Waals surface area (Å²) >= 11 is 0. The minimum absolute atomic E-state index is 0.309. The standard InChI is InChI=1S/C22H38N2O2/c1-3-21(25)23-12-8-18(9-13-23)16-19-10-14-24(15-11-19)22(26)20-6-4-17(2)5-7-20/h17-20H,3-16H2,1-2H3. The molecular formula is C22H38N2O2. The molecular weight excluding hydrogens is 324 g/mol. The lowest BCUT2D eigenvalue weighted by Gasteiger charge is -2.38. The van der Waals surface area contributed by atoms with Crippen molar-refractivity contribution in [2.45, 2.75) is 78.1 Å². The fourth-order valence-electron chi connectivity index (χ4n) is 5.27. The summed E-state index contributed by atoms with van der Waals surface area (Å²) in [5, 5.41) is 0. The van der Waals surface area contributed by atoms with Gasteiger partial charge < -0.3 is 9.80 Å². The van der Waals surface area contributed by atoms with E-state index in [0.29, 0.717) is 24.2 Å². The second-order valence-corrected chi connectivity index (χ2v) is 9.14. The van der Waals surface area contributed by atoms with Crippen LogP contribution in [0.15, 0.2) is 0 Å². The summed E-state index contributed by atoms with van der Waals surface area (Å²) in [7, 11) is 0. The zero-order valence-corrected chi connectivity index (χ0v) is 16.9. The van der Waals surface area contributed by atoms with Gasteiger partial charge in [-0.25, -0.2) is 0 Å². The van der Waals surface area contributed by atoms with E-state index in [2.05, 4.69) is 11.8 Å². The van der Waals surface area contributed by atoms with E-state index in [0.717, 1.165) is 56.8 Å². The van der Waals surface area contributed by atoms with Gasteiger partial charge in [-0.05, 0) is 75.5 Å². The average Bonchev–Trinajstić information content (AvgIpc) is 2.68. The lowest BCUT2D eigenvalue weighted by Crippen LogP contribution is -2.43. The second-order valence-electron chi connectivity index (χ2n) is 9.14. The molecule has 0 unspecified atom stereocenters. The first-order valence-corrected chi connectivity index (χ1v) is 11.1. The first-order valence-electron chi connectivity index (χ1n) is 11.1. The summed E-state index contributed by atoms with van der Waals surface area (Å²) in [6.45, 7) is 8.13. The molecule has 3 rings (SSSR count). The van der Waals surface area contributed by atoms with Crippen molar-refractivity contribution < 1.29 is 9.59 Å². The van der Waals surface area contributed by atoms with Crippen LogP contribution in [0.3, 0.4) is 0 Å². The number of carbonyl (C=O) groups is 2. The molecule has 4 nitrogen and oxygen atoms in total. The molecule has 0 aromatic rings. The molecule has 2 saturated heterocycles. The Balaban J connectivity index is 1.36. The Hall–Kier alpha value is -1.06. The fourth-order valence-corrected chi connectivity index (χ4v) is 5.27. The third-order valence-electron chi connectivity index (χ3n) is 7.23. The molecule has 0 N–H and O–H groups in total. The quantitative estimate of drug-likeness (QED) is 0.756. The van der Waals surface area contributed by atoms with Crippen LogP contribution in [0, 0.1) is 23.7 Å². The summed E-state index contributed by atoms with van der Waals surface area (Å²) in [4.78, 5) is 28.8. The first-order chi connectivity index (χ1) is 12.6. The lowest BCUT2D eigenvalue weighted by molar-refractivity contribution is -0.138. The van der Waals surface area contributed by atoms with Crippen LogP contribution in [0.25, 0.3) is 0 Å². The molecule has 1 aliphatic carbocycles. The number of rotatable bonds is 4. The molecule has 0 bridgehead atoms. The van der Waals surface area contributed by atoms with E-state index >= 15 is 0 Å². The van der Waals surface area contributed by atoms with Crippen molar-refractivity contribution in [3.05, 3.63) is 0 Å². The van der Waals surface area contributed by atoms with Crippen molar-refractivity contribution in [3.8, 4) is 0 Å². The third-order valence-corrected chi connectivity index (χ3v) is 7.23. The SMILES string of the molecule is CCC(=O)N1CCC(CC2CCN(C(=O)C3CCC(C)CC3)CC2)CC1.